The summed E-state index contributed by atoms with van der Waals surface area (Å²) in [5.74, 6) is 0. The standard InChI is InChI=1S/C12H15ClN4O2S/c1-9(8-17-6-2-5-15-17)16-20(18,19)10-3-4-11(13)12(14)7-10/h2-7,9,16H,8,14H2,1H3. The lowest BCUT2D eigenvalue weighted by atomic mass is 10.3. The molecule has 0 fully saturated rings. The van der Waals surface area contributed by atoms with Gasteiger partial charge in [0.25, 0.3) is 0 Å². The van der Waals surface area contributed by atoms with E-state index in [-0.39, 0.29) is 16.6 Å². The molecule has 2 rings (SSSR count). The summed E-state index contributed by atoms with van der Waals surface area (Å²) in [5, 5.41) is 4.36. The van der Waals surface area contributed by atoms with Crippen LogP contribution in [0.1, 0.15) is 6.92 Å². The van der Waals surface area contributed by atoms with E-state index in [9.17, 15) is 8.42 Å². The molecule has 0 aliphatic heterocycles. The number of nitrogens with one attached hydrogen (secondary N) is 1. The zero-order chi connectivity index (χ0) is 14.8. The maximum atomic E-state index is 12.2. The van der Waals surface area contributed by atoms with E-state index < -0.39 is 10.0 Å². The molecule has 1 aromatic heterocycles. The SMILES string of the molecule is CC(Cn1cccn1)NS(=O)(=O)c1ccc(Cl)c(N)c1. The van der Waals surface area contributed by atoms with E-state index >= 15 is 0 Å². The van der Waals surface area contributed by atoms with Crippen LogP contribution < -0.4 is 10.5 Å². The van der Waals surface area contributed by atoms with Crippen molar-refractivity contribution in [2.24, 2.45) is 0 Å². The molecule has 0 aliphatic carbocycles. The van der Waals surface area contributed by atoms with E-state index in [2.05, 4.69) is 9.82 Å². The molecule has 0 radical (unpaired) electrons. The van der Waals surface area contributed by atoms with E-state index in [1.807, 2.05) is 0 Å². The Bertz CT molecular complexity index is 685. The van der Waals surface area contributed by atoms with Gasteiger partial charge in [-0.3, -0.25) is 4.68 Å². The van der Waals surface area contributed by atoms with Crippen molar-refractivity contribution < 1.29 is 8.42 Å². The number of hydrogen-bond donors (Lipinski definition) is 2. The van der Waals surface area contributed by atoms with Gasteiger partial charge in [0.05, 0.1) is 22.2 Å². The first-order valence-corrected chi connectivity index (χ1v) is 7.79. The quantitative estimate of drug-likeness (QED) is 0.818. The van der Waals surface area contributed by atoms with Crippen molar-refractivity contribution in [3.8, 4) is 0 Å². The van der Waals surface area contributed by atoms with Crippen LogP contribution in [0.2, 0.25) is 5.02 Å². The third-order valence-electron chi connectivity index (χ3n) is 2.65. The first-order chi connectivity index (χ1) is 9.38. The van der Waals surface area contributed by atoms with Crippen LogP contribution >= 0.6 is 11.6 Å². The fraction of sp³-hybridized carbons (Fsp3) is 0.250. The molecule has 20 heavy (non-hydrogen) atoms. The molecule has 6 nitrogen and oxygen atoms in total. The number of halogens is 1. The number of anilines is 1. The number of benzene rings is 1. The Balaban J connectivity index is 2.12. The molecule has 1 heterocycles. The molecule has 1 unspecified atom stereocenters. The van der Waals surface area contributed by atoms with Crippen molar-refractivity contribution in [1.29, 1.82) is 0 Å². The van der Waals surface area contributed by atoms with Gasteiger partial charge in [0, 0.05) is 18.4 Å². The first kappa shape index (κ1) is 14.8. The van der Waals surface area contributed by atoms with Gasteiger partial charge in [-0.15, -0.1) is 0 Å². The van der Waals surface area contributed by atoms with E-state index in [0.717, 1.165) is 0 Å². The monoisotopic (exact) mass is 314 g/mol. The van der Waals surface area contributed by atoms with E-state index in [0.29, 0.717) is 11.6 Å². The Morgan fingerprint density at radius 2 is 2.25 bits per heavy atom. The summed E-state index contributed by atoms with van der Waals surface area (Å²) in [6.07, 6.45) is 3.41. The third kappa shape index (κ3) is 3.50. The maximum Gasteiger partial charge on any atom is 0.240 e. The van der Waals surface area contributed by atoms with Gasteiger partial charge in [-0.05, 0) is 31.2 Å². The smallest absolute Gasteiger partial charge is 0.240 e. The van der Waals surface area contributed by atoms with E-state index in [1.165, 1.54) is 18.2 Å². The van der Waals surface area contributed by atoms with Gasteiger partial charge < -0.3 is 5.73 Å². The Morgan fingerprint density at radius 1 is 1.50 bits per heavy atom. The number of nitrogens with two attached hydrogens (primary N) is 1. The highest BCUT2D eigenvalue weighted by Gasteiger charge is 2.18. The van der Waals surface area contributed by atoms with Crippen LogP contribution in [0.5, 0.6) is 0 Å². The highest BCUT2D eigenvalue weighted by Crippen LogP contribution is 2.22. The Morgan fingerprint density at radius 3 is 2.85 bits per heavy atom. The third-order valence-corrected chi connectivity index (χ3v) is 4.59. The predicted molar refractivity (Wildman–Crippen MR) is 77.9 cm³/mol. The summed E-state index contributed by atoms with van der Waals surface area (Å²) in [6.45, 7) is 2.20. The molecule has 0 bridgehead atoms. The van der Waals surface area contributed by atoms with E-state index in [1.54, 1.807) is 30.1 Å². The van der Waals surface area contributed by atoms with Gasteiger partial charge in [-0.25, -0.2) is 13.1 Å². The van der Waals surface area contributed by atoms with Crippen molar-refractivity contribution >= 4 is 27.3 Å². The minimum Gasteiger partial charge on any atom is -0.397 e. The average molecular weight is 315 g/mol. The summed E-state index contributed by atoms with van der Waals surface area (Å²) < 4.78 is 28.6. The first-order valence-electron chi connectivity index (χ1n) is 5.93. The Labute approximate surface area is 122 Å². The lowest BCUT2D eigenvalue weighted by molar-refractivity contribution is 0.494. The number of sulfonamides is 1. The lowest BCUT2D eigenvalue weighted by Gasteiger charge is -2.14. The molecule has 108 valence electrons. The summed E-state index contributed by atoms with van der Waals surface area (Å²) in [5.41, 5.74) is 5.85. The van der Waals surface area contributed by atoms with Crippen molar-refractivity contribution in [2.45, 2.75) is 24.4 Å². The normalized spacial score (nSPS) is 13.3. The average Bonchev–Trinajstić information content (AvgIpc) is 2.84. The van der Waals surface area contributed by atoms with Crippen LogP contribution in [0.15, 0.2) is 41.6 Å². The highest BCUT2D eigenvalue weighted by atomic mass is 35.5. The molecule has 0 amide bonds. The minimum absolute atomic E-state index is 0.0896. The molecule has 0 spiro atoms. The van der Waals surface area contributed by atoms with Crippen molar-refractivity contribution in [2.75, 3.05) is 5.73 Å². The minimum atomic E-state index is -3.63. The van der Waals surface area contributed by atoms with E-state index in [4.69, 9.17) is 17.3 Å². The topological polar surface area (TPSA) is 90.0 Å². The molecule has 3 N–H and O–H groups in total. The van der Waals surface area contributed by atoms with Crippen LogP contribution in [0.4, 0.5) is 5.69 Å². The highest BCUT2D eigenvalue weighted by molar-refractivity contribution is 7.89. The van der Waals surface area contributed by atoms with Crippen molar-refractivity contribution in [3.05, 3.63) is 41.7 Å². The lowest BCUT2D eigenvalue weighted by Crippen LogP contribution is -2.35. The Hall–Kier alpha value is -1.57. The second-order valence-corrected chi connectivity index (χ2v) is 6.55. The van der Waals surface area contributed by atoms with Gasteiger partial charge in [0.2, 0.25) is 10.0 Å². The molecular weight excluding hydrogens is 300 g/mol. The van der Waals surface area contributed by atoms with Crippen LogP contribution in [-0.2, 0) is 16.6 Å². The number of nitrogen functional groups attached to an aromatic ring is 1. The van der Waals surface area contributed by atoms with Crippen molar-refractivity contribution in [1.82, 2.24) is 14.5 Å². The zero-order valence-electron chi connectivity index (χ0n) is 10.8. The molecule has 8 heteroatoms. The molecule has 1 atom stereocenters. The van der Waals surface area contributed by atoms with Gasteiger partial charge in [-0.1, -0.05) is 11.6 Å². The second kappa shape index (κ2) is 5.82. The van der Waals surface area contributed by atoms with Gasteiger partial charge in [-0.2, -0.15) is 5.10 Å². The number of aromatic nitrogens is 2. The maximum absolute atomic E-state index is 12.2. The van der Waals surface area contributed by atoms with Gasteiger partial charge >= 0.3 is 0 Å². The zero-order valence-corrected chi connectivity index (χ0v) is 12.4. The van der Waals surface area contributed by atoms with Crippen LogP contribution in [0.25, 0.3) is 0 Å². The van der Waals surface area contributed by atoms with Crippen molar-refractivity contribution in [3.63, 3.8) is 0 Å². The molecule has 0 saturated heterocycles. The molecule has 0 aliphatic rings. The number of nitrogens with zero attached hydrogens (tertiary/aromatic N) is 2. The molecular formula is C12H15ClN4O2S. The largest absolute Gasteiger partial charge is 0.397 e. The predicted octanol–water partition coefficient (Wildman–Crippen LogP) is 1.49. The molecule has 2 aromatic rings. The summed E-state index contributed by atoms with van der Waals surface area (Å²) in [4.78, 5) is 0.0896. The number of rotatable bonds is 5. The summed E-state index contributed by atoms with van der Waals surface area (Å²) in [7, 11) is -3.63. The number of hydrogen-bond acceptors (Lipinski definition) is 4. The van der Waals surface area contributed by atoms with Crippen LogP contribution in [0, 0.1) is 0 Å². The summed E-state index contributed by atoms with van der Waals surface area (Å²) >= 11 is 5.78. The second-order valence-electron chi connectivity index (χ2n) is 4.43. The van der Waals surface area contributed by atoms with Gasteiger partial charge in [0.1, 0.15) is 0 Å². The molecule has 0 saturated carbocycles. The van der Waals surface area contributed by atoms with Crippen LogP contribution in [-0.4, -0.2) is 24.2 Å². The fourth-order valence-electron chi connectivity index (χ4n) is 1.75. The Kier molecular flexibility index (Phi) is 4.32. The molecule has 1 aromatic carbocycles. The fourth-order valence-corrected chi connectivity index (χ4v) is 3.14. The van der Waals surface area contributed by atoms with Gasteiger partial charge in [0.15, 0.2) is 0 Å². The summed E-state index contributed by atoms with van der Waals surface area (Å²) in [6, 6.07) is 5.69. The van der Waals surface area contributed by atoms with Crippen LogP contribution in [0.3, 0.4) is 0 Å².